The van der Waals surface area contributed by atoms with Gasteiger partial charge in [0.2, 0.25) is 0 Å². The fourth-order valence-electron chi connectivity index (χ4n) is 0. The third kappa shape index (κ3) is 3950. The van der Waals surface area contributed by atoms with Crippen LogP contribution in [0.1, 0.15) is 0 Å². The molecule has 0 spiro atoms. The van der Waals surface area contributed by atoms with Crippen molar-refractivity contribution in [2.24, 2.45) is 0 Å². The second-order valence-electron chi connectivity index (χ2n) is 0.434. The zero-order valence-corrected chi connectivity index (χ0v) is 9.77. The van der Waals surface area contributed by atoms with Gasteiger partial charge in [-0.25, -0.2) is 8.42 Å². The summed E-state index contributed by atoms with van der Waals surface area (Å²) in [6.45, 7) is 2.00. The van der Waals surface area contributed by atoms with Gasteiger partial charge in [0.05, 0.1) is 22.7 Å². The molecule has 64 valence electrons. The molecule has 0 saturated carbocycles. The van der Waals surface area contributed by atoms with Crippen LogP contribution in [0.5, 0.6) is 0 Å². The molecule has 0 aromatic rings. The predicted octanol–water partition coefficient (Wildman–Crippen LogP) is -1.51. The van der Waals surface area contributed by atoms with E-state index in [2.05, 4.69) is 0 Å². The van der Waals surface area contributed by atoms with Gasteiger partial charge in [0.1, 0.15) is 6.79 Å². The molecule has 11 heavy (non-hydrogen) atoms. The van der Waals surface area contributed by atoms with Gasteiger partial charge in [0.25, 0.3) is 0 Å². The van der Waals surface area contributed by atoms with Gasteiger partial charge >= 0.3 is 19.5 Å². The molecule has 0 aliphatic rings. The Balaban J connectivity index is -0.0000000339. The monoisotopic (exact) mass is 256 g/mol. The van der Waals surface area contributed by atoms with Crippen LogP contribution in [0.4, 0.5) is 0 Å². The average Bonchev–Trinajstić information content (AvgIpc) is 1.66. The van der Waals surface area contributed by atoms with Crippen LogP contribution >= 0.6 is 0 Å². The van der Waals surface area contributed by atoms with Crippen LogP contribution in [0.3, 0.4) is 0 Å². The Hall–Kier alpha value is 0.433. The summed E-state index contributed by atoms with van der Waals surface area (Å²) in [7, 11) is 0. The van der Waals surface area contributed by atoms with Crippen LogP contribution in [0, 0.1) is 0 Å². The number of rotatable bonds is 0. The molecule has 0 saturated heterocycles. The Morgan fingerprint density at radius 3 is 1.00 bits per heavy atom. The molecule has 10 heteroatoms. The molecule has 2 N–H and O–H groups in total. The molecule has 0 fully saturated rings. The number of carbonyl (C=O) groups is 1. The Labute approximate surface area is 80.6 Å². The van der Waals surface area contributed by atoms with E-state index in [-0.39, 0.29) is 19.5 Å². The summed E-state index contributed by atoms with van der Waals surface area (Å²) < 4.78 is 48.2. The standard InChI is InChI=1S/CH2O.2H2O3S.Zn/c1-2;2*1-4(2)3;/h1H2;2*(H2,1,2,3);/q;;;+2/p-2. The Kier molecular flexibility index (Phi) is 45.9. The number of hydrogen-bond donors (Lipinski definition) is 2. The summed E-state index contributed by atoms with van der Waals surface area (Å²) in [4.78, 5) is 8.00. The minimum atomic E-state index is -2.86. The van der Waals surface area contributed by atoms with Crippen molar-refractivity contribution in [3.8, 4) is 0 Å². The van der Waals surface area contributed by atoms with Gasteiger partial charge < -0.3 is 23.0 Å². The topological polar surface area (TPSA) is 138 Å². The first kappa shape index (κ1) is 22.5. The van der Waals surface area contributed by atoms with Gasteiger partial charge in [-0.05, 0) is 0 Å². The van der Waals surface area contributed by atoms with Gasteiger partial charge in [-0.15, -0.1) is 0 Å². The Bertz CT molecular complexity index is 84.6. The quantitative estimate of drug-likeness (QED) is 0.397. The maximum Gasteiger partial charge on any atom is 2.00 e. The SMILES string of the molecule is C=O.O=S([O-])O.O=S([O-])O.[Zn+2]. The van der Waals surface area contributed by atoms with Crippen molar-refractivity contribution >= 4 is 29.5 Å². The Morgan fingerprint density at radius 2 is 1.00 bits per heavy atom. The molecule has 0 amide bonds. The fourth-order valence-corrected chi connectivity index (χ4v) is 0. The van der Waals surface area contributed by atoms with E-state index in [1.54, 1.807) is 0 Å². The average molecular weight is 258 g/mol. The van der Waals surface area contributed by atoms with Gasteiger partial charge in [-0.1, -0.05) is 0 Å². The molecule has 2 unspecified atom stereocenters. The summed E-state index contributed by atoms with van der Waals surface area (Å²) >= 11 is -5.72. The smallest absolute Gasteiger partial charge is 0.750 e. The van der Waals surface area contributed by atoms with E-state index < -0.39 is 22.7 Å². The summed E-state index contributed by atoms with van der Waals surface area (Å²) in [5.74, 6) is 0. The van der Waals surface area contributed by atoms with Crippen LogP contribution in [0.25, 0.3) is 0 Å². The zero-order valence-electron chi connectivity index (χ0n) is 5.17. The van der Waals surface area contributed by atoms with E-state index in [4.69, 9.17) is 31.4 Å². The zero-order chi connectivity index (χ0) is 9.15. The molecule has 0 aliphatic carbocycles. The van der Waals surface area contributed by atoms with Crippen molar-refractivity contribution in [3.63, 3.8) is 0 Å². The van der Waals surface area contributed by atoms with Crippen LogP contribution in [-0.4, -0.2) is 33.4 Å². The second kappa shape index (κ2) is 22.4. The molecule has 2 atom stereocenters. The van der Waals surface area contributed by atoms with E-state index >= 15 is 0 Å². The van der Waals surface area contributed by atoms with E-state index in [0.717, 1.165) is 0 Å². The normalized spacial score (nSPS) is 11.6. The van der Waals surface area contributed by atoms with Crippen molar-refractivity contribution in [2.75, 3.05) is 0 Å². The molecule has 0 aromatic heterocycles. The maximum absolute atomic E-state index is 8.56. The van der Waals surface area contributed by atoms with Crippen molar-refractivity contribution in [2.45, 2.75) is 0 Å². The van der Waals surface area contributed by atoms with Gasteiger partial charge in [-0.3, -0.25) is 0 Å². The molecule has 0 rings (SSSR count). The molecule has 0 radical (unpaired) electrons. The molecule has 7 nitrogen and oxygen atoms in total. The Morgan fingerprint density at radius 1 is 1.00 bits per heavy atom. The van der Waals surface area contributed by atoms with Gasteiger partial charge in [-0.2, -0.15) is 0 Å². The molecule has 0 aliphatic heterocycles. The molecule has 0 aromatic carbocycles. The summed E-state index contributed by atoms with van der Waals surface area (Å²) in [5, 5.41) is 0. The van der Waals surface area contributed by atoms with Crippen molar-refractivity contribution < 1.29 is 50.9 Å². The van der Waals surface area contributed by atoms with E-state index in [1.165, 1.54) is 0 Å². The van der Waals surface area contributed by atoms with E-state index in [0.29, 0.717) is 0 Å². The maximum atomic E-state index is 8.56. The first-order valence-electron chi connectivity index (χ1n) is 1.32. The van der Waals surface area contributed by atoms with Crippen molar-refractivity contribution in [1.82, 2.24) is 0 Å². The summed E-state index contributed by atoms with van der Waals surface area (Å²) in [6, 6.07) is 0. The largest absolute Gasteiger partial charge is 2.00 e. The third-order valence-corrected chi connectivity index (χ3v) is 0. The number of carbonyl (C=O) groups excluding carboxylic acids is 1. The fraction of sp³-hybridized carbons (Fsp3) is 0. The van der Waals surface area contributed by atoms with Crippen molar-refractivity contribution in [1.29, 1.82) is 0 Å². The van der Waals surface area contributed by atoms with Crippen LogP contribution in [0.2, 0.25) is 0 Å². The summed E-state index contributed by atoms with van der Waals surface area (Å²) in [6.07, 6.45) is 0. The van der Waals surface area contributed by atoms with Gasteiger partial charge in [0, 0.05) is 0 Å². The van der Waals surface area contributed by atoms with E-state index in [9.17, 15) is 0 Å². The molecule has 0 heterocycles. The van der Waals surface area contributed by atoms with Crippen molar-refractivity contribution in [3.05, 3.63) is 0 Å². The molecular formula is CH4O7S2Zn. The summed E-state index contributed by atoms with van der Waals surface area (Å²) in [5.41, 5.74) is 0. The molecular weight excluding hydrogens is 254 g/mol. The molecule has 0 bridgehead atoms. The first-order chi connectivity index (χ1) is 4.46. The third-order valence-electron chi connectivity index (χ3n) is 0. The second-order valence-corrected chi connectivity index (χ2v) is 1.30. The minimum absolute atomic E-state index is 0. The van der Waals surface area contributed by atoms with E-state index in [1.807, 2.05) is 6.79 Å². The van der Waals surface area contributed by atoms with Gasteiger partial charge in [0.15, 0.2) is 0 Å². The predicted molar refractivity (Wildman–Crippen MR) is 30.2 cm³/mol. The first-order valence-corrected chi connectivity index (χ1v) is 3.38. The minimum Gasteiger partial charge on any atom is -0.750 e. The van der Waals surface area contributed by atoms with Crippen LogP contribution < -0.4 is 0 Å². The number of hydrogen-bond acceptors (Lipinski definition) is 5. The van der Waals surface area contributed by atoms with Crippen LogP contribution in [0.15, 0.2) is 0 Å². The van der Waals surface area contributed by atoms with Crippen LogP contribution in [-0.2, 0) is 47.0 Å².